The van der Waals surface area contributed by atoms with Gasteiger partial charge in [0.1, 0.15) is 5.65 Å². The van der Waals surface area contributed by atoms with Crippen LogP contribution in [-0.4, -0.2) is 26.6 Å². The maximum atomic E-state index is 12.2. The van der Waals surface area contributed by atoms with Gasteiger partial charge >= 0.3 is 5.69 Å². The maximum absolute atomic E-state index is 12.2. The largest absolute Gasteiger partial charge is 0.332 e. The molecule has 0 aromatic carbocycles. The van der Waals surface area contributed by atoms with Crippen LogP contribution < -0.4 is 22.3 Å². The molecule has 26 heavy (non-hydrogen) atoms. The van der Waals surface area contributed by atoms with Crippen molar-refractivity contribution in [3.05, 3.63) is 33.1 Å². The van der Waals surface area contributed by atoms with Crippen LogP contribution in [0.2, 0.25) is 0 Å². The topological polar surface area (TPSA) is 112 Å². The Hall–Kier alpha value is -1.90. The lowest BCUT2D eigenvalue weighted by atomic mass is 10.1. The van der Waals surface area contributed by atoms with E-state index in [1.807, 2.05) is 0 Å². The molecule has 2 aromatic rings. The number of aromatic nitrogens is 3. The van der Waals surface area contributed by atoms with Crippen LogP contribution in [0.4, 0.5) is 5.69 Å². The fourth-order valence-corrected chi connectivity index (χ4v) is 2.54. The van der Waals surface area contributed by atoms with Crippen LogP contribution in [0.25, 0.3) is 11.0 Å². The van der Waals surface area contributed by atoms with Gasteiger partial charge < -0.3 is 11.1 Å². The van der Waals surface area contributed by atoms with Gasteiger partial charge in [0.2, 0.25) is 5.91 Å². The van der Waals surface area contributed by atoms with Gasteiger partial charge in [-0.25, -0.2) is 9.78 Å². The molecule has 10 heteroatoms. The van der Waals surface area contributed by atoms with E-state index in [0.29, 0.717) is 29.7 Å². The molecule has 2 heterocycles. The summed E-state index contributed by atoms with van der Waals surface area (Å²) in [5.41, 5.74) is 5.30. The lowest BCUT2D eigenvalue weighted by molar-refractivity contribution is -0.116. The zero-order valence-electron chi connectivity index (χ0n) is 14.9. The number of aryl methyl sites for hydroxylation is 1. The maximum Gasteiger partial charge on any atom is 0.332 e. The summed E-state index contributed by atoms with van der Waals surface area (Å²) in [5.74, 6) is -0.120. The lowest BCUT2D eigenvalue weighted by Gasteiger charge is -2.09. The van der Waals surface area contributed by atoms with E-state index in [1.165, 1.54) is 17.8 Å². The molecule has 0 aliphatic heterocycles. The third kappa shape index (κ3) is 5.55. The average molecular weight is 406 g/mol. The number of pyridine rings is 1. The summed E-state index contributed by atoms with van der Waals surface area (Å²) in [7, 11) is 2.97. The molecule has 3 N–H and O–H groups in total. The number of unbranched alkanes of at least 4 members (excludes halogenated alkanes) is 3. The zero-order valence-corrected chi connectivity index (χ0v) is 16.5. The van der Waals surface area contributed by atoms with E-state index < -0.39 is 11.2 Å². The van der Waals surface area contributed by atoms with Crippen molar-refractivity contribution in [2.45, 2.75) is 32.1 Å². The minimum absolute atomic E-state index is 0. The van der Waals surface area contributed by atoms with Crippen LogP contribution in [0.3, 0.4) is 0 Å². The van der Waals surface area contributed by atoms with Gasteiger partial charge in [-0.05, 0) is 25.5 Å². The Labute approximate surface area is 163 Å². The summed E-state index contributed by atoms with van der Waals surface area (Å²) in [6, 6.07) is 1.55. The Morgan fingerprint density at radius 2 is 1.77 bits per heavy atom. The highest BCUT2D eigenvalue weighted by molar-refractivity contribution is 5.92. The predicted molar refractivity (Wildman–Crippen MR) is 107 cm³/mol. The molecule has 0 fully saturated rings. The molecule has 2 aromatic heterocycles. The van der Waals surface area contributed by atoms with Crippen molar-refractivity contribution in [1.82, 2.24) is 14.1 Å². The minimum Gasteiger partial charge on any atom is -0.330 e. The summed E-state index contributed by atoms with van der Waals surface area (Å²) in [6.07, 6.45) is 5.61. The molecule has 146 valence electrons. The first-order valence-electron chi connectivity index (χ1n) is 8.01. The summed E-state index contributed by atoms with van der Waals surface area (Å²) < 4.78 is 2.33. The minimum atomic E-state index is -0.436. The first kappa shape index (κ1) is 24.1. The second-order valence-corrected chi connectivity index (χ2v) is 5.80. The fraction of sp³-hybridized carbons (Fsp3) is 0.500. The van der Waals surface area contributed by atoms with E-state index in [9.17, 15) is 14.4 Å². The van der Waals surface area contributed by atoms with Crippen LogP contribution in [-0.2, 0) is 18.9 Å². The van der Waals surface area contributed by atoms with Crippen molar-refractivity contribution in [2.75, 3.05) is 11.9 Å². The van der Waals surface area contributed by atoms with Crippen LogP contribution in [0.5, 0.6) is 0 Å². The quantitative estimate of drug-likeness (QED) is 0.674. The highest BCUT2D eigenvalue weighted by atomic mass is 35.5. The van der Waals surface area contributed by atoms with E-state index in [2.05, 4.69) is 10.3 Å². The van der Waals surface area contributed by atoms with Gasteiger partial charge in [0, 0.05) is 20.5 Å². The number of nitrogens with two attached hydrogens (primary N) is 1. The predicted octanol–water partition coefficient (Wildman–Crippen LogP) is 1.32. The number of rotatable bonds is 7. The van der Waals surface area contributed by atoms with Gasteiger partial charge in [-0.3, -0.25) is 18.7 Å². The molecule has 8 nitrogen and oxygen atoms in total. The number of hydrogen-bond donors (Lipinski definition) is 2. The van der Waals surface area contributed by atoms with Crippen molar-refractivity contribution >= 4 is 47.4 Å². The van der Waals surface area contributed by atoms with Crippen molar-refractivity contribution in [2.24, 2.45) is 19.8 Å². The first-order chi connectivity index (χ1) is 11.5. The zero-order chi connectivity index (χ0) is 17.7. The molecule has 0 atom stereocenters. The monoisotopic (exact) mass is 405 g/mol. The SMILES string of the molecule is Cl.Cl.Cn1c(=O)c2cc(NC(=O)CCCCCCN)cnc2n(C)c1=O. The molecule has 0 saturated carbocycles. The van der Waals surface area contributed by atoms with Crippen molar-refractivity contribution in [3.8, 4) is 0 Å². The number of nitrogens with zero attached hydrogens (tertiary/aromatic N) is 3. The van der Waals surface area contributed by atoms with Gasteiger partial charge in [0.15, 0.2) is 0 Å². The molecular formula is C16H25Cl2N5O3. The standard InChI is InChI=1S/C16H23N5O3.2ClH/c1-20-14-12(15(23)21(2)16(20)24)9-11(10-18-14)19-13(22)7-5-3-4-6-8-17;;/h9-10H,3-8,17H2,1-2H3,(H,19,22);2*1H. The number of amides is 1. The molecule has 0 aliphatic carbocycles. The molecular weight excluding hydrogens is 381 g/mol. The normalized spacial score (nSPS) is 10.1. The Bertz CT molecular complexity index is 863. The number of hydrogen-bond acceptors (Lipinski definition) is 5. The third-order valence-corrected chi connectivity index (χ3v) is 3.93. The second-order valence-electron chi connectivity index (χ2n) is 5.80. The Balaban J connectivity index is 0.00000312. The smallest absolute Gasteiger partial charge is 0.330 e. The number of anilines is 1. The number of nitrogens with one attached hydrogen (secondary N) is 1. The lowest BCUT2D eigenvalue weighted by Crippen LogP contribution is -2.37. The molecule has 0 spiro atoms. The molecule has 0 unspecified atom stereocenters. The first-order valence-corrected chi connectivity index (χ1v) is 8.01. The van der Waals surface area contributed by atoms with Crippen LogP contribution in [0.1, 0.15) is 32.1 Å². The molecule has 2 rings (SSSR count). The van der Waals surface area contributed by atoms with Gasteiger partial charge in [0.25, 0.3) is 5.56 Å². The summed E-state index contributed by atoms with van der Waals surface area (Å²) in [6.45, 7) is 0.673. The third-order valence-electron chi connectivity index (χ3n) is 3.93. The summed E-state index contributed by atoms with van der Waals surface area (Å²) in [5, 5.41) is 3.04. The molecule has 0 bridgehead atoms. The molecule has 0 aliphatic rings. The van der Waals surface area contributed by atoms with Crippen molar-refractivity contribution < 1.29 is 4.79 Å². The van der Waals surface area contributed by atoms with Gasteiger partial charge in [-0.1, -0.05) is 12.8 Å². The van der Waals surface area contributed by atoms with Crippen LogP contribution in [0.15, 0.2) is 21.9 Å². The Morgan fingerprint density at radius 1 is 1.12 bits per heavy atom. The van der Waals surface area contributed by atoms with E-state index in [1.54, 1.807) is 13.1 Å². The fourth-order valence-electron chi connectivity index (χ4n) is 2.54. The number of fused-ring (bicyclic) bond motifs is 1. The Kier molecular flexibility index (Phi) is 10.1. The number of carbonyl (C=O) groups is 1. The van der Waals surface area contributed by atoms with Crippen LogP contribution >= 0.6 is 24.8 Å². The molecule has 0 radical (unpaired) electrons. The average Bonchev–Trinajstić information content (AvgIpc) is 2.57. The van der Waals surface area contributed by atoms with Gasteiger partial charge in [-0.15, -0.1) is 24.8 Å². The van der Waals surface area contributed by atoms with E-state index in [0.717, 1.165) is 30.3 Å². The molecule has 0 saturated heterocycles. The van der Waals surface area contributed by atoms with Crippen molar-refractivity contribution in [1.29, 1.82) is 0 Å². The summed E-state index contributed by atoms with van der Waals surface area (Å²) >= 11 is 0. The van der Waals surface area contributed by atoms with Crippen molar-refractivity contribution in [3.63, 3.8) is 0 Å². The van der Waals surface area contributed by atoms with E-state index >= 15 is 0 Å². The number of halogens is 2. The molecule has 1 amide bonds. The van der Waals surface area contributed by atoms with E-state index in [-0.39, 0.29) is 30.7 Å². The highest BCUT2D eigenvalue weighted by Crippen LogP contribution is 2.13. The second kappa shape index (κ2) is 10.9. The Morgan fingerprint density at radius 3 is 2.42 bits per heavy atom. The van der Waals surface area contributed by atoms with Gasteiger partial charge in [0.05, 0.1) is 17.3 Å². The van der Waals surface area contributed by atoms with Gasteiger partial charge in [-0.2, -0.15) is 0 Å². The number of carbonyl (C=O) groups excluding carboxylic acids is 1. The highest BCUT2D eigenvalue weighted by Gasteiger charge is 2.11. The summed E-state index contributed by atoms with van der Waals surface area (Å²) in [4.78, 5) is 40.2. The van der Waals surface area contributed by atoms with E-state index in [4.69, 9.17) is 5.73 Å². The van der Waals surface area contributed by atoms with Crippen LogP contribution in [0, 0.1) is 0 Å².